The Bertz CT molecular complexity index is 779. The van der Waals surface area contributed by atoms with Gasteiger partial charge in [0.05, 0.1) is 17.5 Å². The third kappa shape index (κ3) is 2.81. The third-order valence-corrected chi connectivity index (χ3v) is 3.38. The maximum atomic E-state index is 12.4. The van der Waals surface area contributed by atoms with Crippen molar-refractivity contribution >= 4 is 16.8 Å². The summed E-state index contributed by atoms with van der Waals surface area (Å²) in [7, 11) is 0. The van der Waals surface area contributed by atoms with Gasteiger partial charge in [0.2, 0.25) is 0 Å². The molecule has 5 heteroatoms. The van der Waals surface area contributed by atoms with E-state index >= 15 is 0 Å². The molecule has 3 rings (SSSR count). The first-order valence-electron chi connectivity index (χ1n) is 7.02. The number of nitrogens with zero attached hydrogens (tertiary/aromatic N) is 4. The van der Waals surface area contributed by atoms with Crippen molar-refractivity contribution in [3.05, 3.63) is 54.4 Å². The van der Waals surface area contributed by atoms with Gasteiger partial charge in [-0.2, -0.15) is 0 Å². The lowest BCUT2D eigenvalue weighted by Crippen LogP contribution is -2.10. The van der Waals surface area contributed by atoms with Crippen LogP contribution in [0.1, 0.15) is 29.5 Å². The fourth-order valence-corrected chi connectivity index (χ4v) is 2.33. The number of hydrogen-bond donors (Lipinski definition) is 0. The topological polar surface area (TPSA) is 60.7 Å². The van der Waals surface area contributed by atoms with Gasteiger partial charge in [-0.15, -0.1) is 0 Å². The predicted molar refractivity (Wildman–Crippen MR) is 80.1 cm³/mol. The molecule has 0 fully saturated rings. The Labute approximate surface area is 122 Å². The smallest absolute Gasteiger partial charge is 0.170 e. The molecule has 106 valence electrons. The third-order valence-electron chi connectivity index (χ3n) is 3.38. The van der Waals surface area contributed by atoms with E-state index in [0.29, 0.717) is 12.0 Å². The summed E-state index contributed by atoms with van der Waals surface area (Å²) in [6.45, 7) is 2.99. The van der Waals surface area contributed by atoms with Crippen molar-refractivity contribution in [3.8, 4) is 0 Å². The first kappa shape index (κ1) is 13.4. The number of carbonyl (C=O) groups excluding carboxylic acids is 1. The Morgan fingerprint density at radius 2 is 1.90 bits per heavy atom. The van der Waals surface area contributed by atoms with Crippen LogP contribution >= 0.6 is 0 Å². The maximum absolute atomic E-state index is 12.4. The van der Waals surface area contributed by atoms with E-state index in [1.165, 1.54) is 0 Å². The molecular formula is C16H16N4O. The van der Waals surface area contributed by atoms with Crippen LogP contribution in [0.25, 0.3) is 11.0 Å². The van der Waals surface area contributed by atoms with Gasteiger partial charge in [-0.25, -0.2) is 4.98 Å². The van der Waals surface area contributed by atoms with E-state index in [4.69, 9.17) is 0 Å². The zero-order valence-electron chi connectivity index (χ0n) is 11.9. The van der Waals surface area contributed by atoms with Crippen LogP contribution in [0.3, 0.4) is 0 Å². The largest absolute Gasteiger partial charge is 0.335 e. The summed E-state index contributed by atoms with van der Waals surface area (Å²) >= 11 is 0. The average molecular weight is 280 g/mol. The van der Waals surface area contributed by atoms with Gasteiger partial charge < -0.3 is 4.57 Å². The van der Waals surface area contributed by atoms with Gasteiger partial charge in [0.1, 0.15) is 5.82 Å². The highest BCUT2D eigenvalue weighted by molar-refractivity contribution is 5.99. The van der Waals surface area contributed by atoms with Gasteiger partial charge in [-0.3, -0.25) is 14.8 Å². The molecule has 21 heavy (non-hydrogen) atoms. The number of hydrogen-bond acceptors (Lipinski definition) is 4. The van der Waals surface area contributed by atoms with Gasteiger partial charge in [0.25, 0.3) is 0 Å². The Balaban J connectivity index is 1.84. The van der Waals surface area contributed by atoms with Crippen molar-refractivity contribution in [2.75, 3.05) is 0 Å². The molecule has 0 saturated carbocycles. The van der Waals surface area contributed by atoms with E-state index in [1.54, 1.807) is 30.7 Å². The quantitative estimate of drug-likeness (QED) is 0.674. The fraction of sp³-hybridized carbons (Fsp3) is 0.250. The van der Waals surface area contributed by atoms with Crippen molar-refractivity contribution < 1.29 is 4.79 Å². The summed E-state index contributed by atoms with van der Waals surface area (Å²) in [4.78, 5) is 25.1. The Kier molecular flexibility index (Phi) is 3.73. The number of Topliss-reactive ketones (excluding diaryl/α,β-unsaturated/α-hetero) is 1. The van der Waals surface area contributed by atoms with Crippen LogP contribution in [0.15, 0.2) is 43.0 Å². The lowest BCUT2D eigenvalue weighted by atomic mass is 10.1. The van der Waals surface area contributed by atoms with Gasteiger partial charge in [0.15, 0.2) is 5.78 Å². The minimum Gasteiger partial charge on any atom is -0.335 e. The highest BCUT2D eigenvalue weighted by Gasteiger charge is 2.12. The molecule has 1 aromatic carbocycles. The van der Waals surface area contributed by atoms with Gasteiger partial charge >= 0.3 is 0 Å². The molecule has 5 nitrogen and oxygen atoms in total. The summed E-state index contributed by atoms with van der Waals surface area (Å²) in [6.07, 6.45) is 8.25. The van der Waals surface area contributed by atoms with Crippen molar-refractivity contribution in [1.82, 2.24) is 19.5 Å². The molecule has 3 aromatic rings. The van der Waals surface area contributed by atoms with E-state index in [2.05, 4.69) is 21.9 Å². The van der Waals surface area contributed by atoms with Crippen LogP contribution in [0, 0.1) is 0 Å². The van der Waals surface area contributed by atoms with Crippen LogP contribution in [0.2, 0.25) is 0 Å². The molecule has 0 amide bonds. The highest BCUT2D eigenvalue weighted by Crippen LogP contribution is 2.13. The van der Waals surface area contributed by atoms with Crippen molar-refractivity contribution in [1.29, 1.82) is 0 Å². The monoisotopic (exact) mass is 280 g/mol. The van der Waals surface area contributed by atoms with Crippen LogP contribution in [0.5, 0.6) is 0 Å². The van der Waals surface area contributed by atoms with E-state index in [9.17, 15) is 4.79 Å². The van der Waals surface area contributed by atoms with Crippen molar-refractivity contribution in [2.24, 2.45) is 0 Å². The second-order valence-electron chi connectivity index (χ2n) is 4.90. The Hall–Kier alpha value is -2.56. The number of benzene rings is 1. The molecule has 0 aliphatic heterocycles. The Morgan fingerprint density at radius 1 is 1.10 bits per heavy atom. The molecule has 0 unspecified atom stereocenters. The van der Waals surface area contributed by atoms with Crippen molar-refractivity contribution in [2.45, 2.75) is 26.3 Å². The SMILES string of the molecule is CCCn1ccnc1CC(=O)c1ccc2nccnc2c1. The standard InChI is InChI=1S/C16H16N4O/c1-2-8-20-9-7-19-16(20)11-15(21)12-3-4-13-14(10-12)18-6-5-17-13/h3-7,9-10H,2,8,11H2,1H3. The second-order valence-corrected chi connectivity index (χ2v) is 4.90. The zero-order valence-corrected chi connectivity index (χ0v) is 11.9. The first-order valence-corrected chi connectivity index (χ1v) is 7.02. The molecule has 0 aliphatic carbocycles. The van der Waals surface area contributed by atoms with E-state index in [1.807, 2.05) is 16.8 Å². The summed E-state index contributed by atoms with van der Waals surface area (Å²) in [6, 6.07) is 5.41. The minimum absolute atomic E-state index is 0.0473. The number of ketones is 1. The van der Waals surface area contributed by atoms with Gasteiger partial charge in [-0.05, 0) is 24.6 Å². The number of rotatable bonds is 5. The second kappa shape index (κ2) is 5.83. The summed E-state index contributed by atoms with van der Waals surface area (Å²) in [5.74, 6) is 0.854. The number of imidazole rings is 1. The number of fused-ring (bicyclic) bond motifs is 1. The molecule has 2 heterocycles. The predicted octanol–water partition coefficient (Wildman–Crippen LogP) is 2.66. The van der Waals surface area contributed by atoms with Crippen molar-refractivity contribution in [3.63, 3.8) is 0 Å². The van der Waals surface area contributed by atoms with Gasteiger partial charge in [0, 0.05) is 36.9 Å². The number of aromatic nitrogens is 4. The van der Waals surface area contributed by atoms with E-state index < -0.39 is 0 Å². The molecule has 0 atom stereocenters. The lowest BCUT2D eigenvalue weighted by Gasteiger charge is -2.06. The van der Waals surface area contributed by atoms with Crippen LogP contribution in [-0.4, -0.2) is 25.3 Å². The maximum Gasteiger partial charge on any atom is 0.170 e. The molecule has 0 aliphatic rings. The Morgan fingerprint density at radius 3 is 2.71 bits per heavy atom. The first-order chi connectivity index (χ1) is 10.3. The molecule has 0 spiro atoms. The summed E-state index contributed by atoms with van der Waals surface area (Å²) in [5.41, 5.74) is 2.18. The van der Waals surface area contributed by atoms with Crippen LogP contribution in [0.4, 0.5) is 0 Å². The number of carbonyl (C=O) groups is 1. The summed E-state index contributed by atoms with van der Waals surface area (Å²) in [5, 5.41) is 0. The molecule has 0 radical (unpaired) electrons. The fourth-order valence-electron chi connectivity index (χ4n) is 2.33. The average Bonchev–Trinajstić information content (AvgIpc) is 2.94. The van der Waals surface area contributed by atoms with E-state index in [0.717, 1.165) is 29.8 Å². The molecule has 2 aromatic heterocycles. The molecule has 0 saturated heterocycles. The minimum atomic E-state index is 0.0473. The lowest BCUT2D eigenvalue weighted by molar-refractivity contribution is 0.0990. The normalized spacial score (nSPS) is 10.9. The molecular weight excluding hydrogens is 264 g/mol. The highest BCUT2D eigenvalue weighted by atomic mass is 16.1. The van der Waals surface area contributed by atoms with Crippen LogP contribution < -0.4 is 0 Å². The molecule has 0 N–H and O–H groups in total. The number of aryl methyl sites for hydroxylation is 1. The molecule has 0 bridgehead atoms. The summed E-state index contributed by atoms with van der Waals surface area (Å²) < 4.78 is 2.03. The zero-order chi connectivity index (χ0) is 14.7. The van der Waals surface area contributed by atoms with E-state index in [-0.39, 0.29) is 5.78 Å². The van der Waals surface area contributed by atoms with Crippen LogP contribution in [-0.2, 0) is 13.0 Å². The van der Waals surface area contributed by atoms with Gasteiger partial charge in [-0.1, -0.05) is 6.92 Å².